The van der Waals surface area contributed by atoms with Crippen LogP contribution in [-0.4, -0.2) is 12.6 Å². The predicted octanol–water partition coefficient (Wildman–Crippen LogP) is 3.66. The van der Waals surface area contributed by atoms with Crippen LogP contribution in [0.4, 0.5) is 5.69 Å². The molecular formula is C17H19NO. The van der Waals surface area contributed by atoms with Crippen LogP contribution in [0.3, 0.4) is 0 Å². The van der Waals surface area contributed by atoms with Gasteiger partial charge in [-0.2, -0.15) is 0 Å². The summed E-state index contributed by atoms with van der Waals surface area (Å²) in [5.41, 5.74) is 4.12. The first-order valence-corrected chi connectivity index (χ1v) is 6.91. The first kappa shape index (κ1) is 12.1. The van der Waals surface area contributed by atoms with Crippen molar-refractivity contribution < 1.29 is 4.74 Å². The quantitative estimate of drug-likeness (QED) is 0.897. The second-order valence-electron chi connectivity index (χ2n) is 4.98. The van der Waals surface area contributed by atoms with E-state index in [9.17, 15) is 0 Å². The highest BCUT2D eigenvalue weighted by Gasteiger charge is 2.20. The minimum atomic E-state index is 0.510. The van der Waals surface area contributed by atoms with Gasteiger partial charge in [-0.15, -0.1) is 0 Å². The van der Waals surface area contributed by atoms with Crippen molar-refractivity contribution in [3.05, 3.63) is 59.7 Å². The molecule has 1 aliphatic rings. The summed E-state index contributed by atoms with van der Waals surface area (Å²) in [6, 6.07) is 17.4. The molecule has 0 radical (unpaired) electrons. The molecule has 0 saturated carbocycles. The standard InChI is InChI=1S/C17H19NO/c1-2-19-17-9-7-15(8-10-17)18-16-11-13-5-3-4-6-14(13)12-16/h3-10,16,18H,2,11-12H2,1H3. The molecule has 19 heavy (non-hydrogen) atoms. The third kappa shape index (κ3) is 2.73. The summed E-state index contributed by atoms with van der Waals surface area (Å²) in [5, 5.41) is 3.60. The van der Waals surface area contributed by atoms with Crippen molar-refractivity contribution in [2.45, 2.75) is 25.8 Å². The molecule has 2 heteroatoms. The number of nitrogens with one attached hydrogen (secondary N) is 1. The Kier molecular flexibility index (Phi) is 3.41. The van der Waals surface area contributed by atoms with Gasteiger partial charge in [0.15, 0.2) is 0 Å². The second-order valence-corrected chi connectivity index (χ2v) is 4.98. The van der Waals surface area contributed by atoms with Crippen LogP contribution in [0.5, 0.6) is 5.75 Å². The van der Waals surface area contributed by atoms with Gasteiger partial charge in [-0.1, -0.05) is 24.3 Å². The van der Waals surface area contributed by atoms with E-state index < -0.39 is 0 Å². The van der Waals surface area contributed by atoms with Gasteiger partial charge in [-0.25, -0.2) is 0 Å². The van der Waals surface area contributed by atoms with E-state index in [1.165, 1.54) is 16.8 Å². The van der Waals surface area contributed by atoms with E-state index in [1.807, 2.05) is 19.1 Å². The summed E-state index contributed by atoms with van der Waals surface area (Å²) >= 11 is 0. The Hall–Kier alpha value is -1.96. The van der Waals surface area contributed by atoms with Gasteiger partial charge in [0.1, 0.15) is 5.75 Å². The Bertz CT molecular complexity index is 522. The van der Waals surface area contributed by atoms with Gasteiger partial charge < -0.3 is 10.1 Å². The topological polar surface area (TPSA) is 21.3 Å². The van der Waals surface area contributed by atoms with Gasteiger partial charge in [0.05, 0.1) is 6.61 Å². The molecule has 0 amide bonds. The summed E-state index contributed by atoms with van der Waals surface area (Å²) in [5.74, 6) is 0.933. The zero-order chi connectivity index (χ0) is 13.1. The number of fused-ring (bicyclic) bond motifs is 1. The van der Waals surface area contributed by atoms with Gasteiger partial charge in [-0.3, -0.25) is 0 Å². The van der Waals surface area contributed by atoms with Crippen molar-refractivity contribution in [2.75, 3.05) is 11.9 Å². The van der Waals surface area contributed by atoms with Crippen molar-refractivity contribution in [3.8, 4) is 5.75 Å². The fraction of sp³-hybridized carbons (Fsp3) is 0.294. The Balaban J connectivity index is 1.64. The molecule has 0 fully saturated rings. The molecule has 0 aromatic heterocycles. The van der Waals surface area contributed by atoms with Crippen LogP contribution in [0.25, 0.3) is 0 Å². The number of benzene rings is 2. The molecular weight excluding hydrogens is 234 g/mol. The molecule has 0 saturated heterocycles. The van der Waals surface area contributed by atoms with Gasteiger partial charge in [0.25, 0.3) is 0 Å². The smallest absolute Gasteiger partial charge is 0.119 e. The zero-order valence-corrected chi connectivity index (χ0v) is 11.2. The zero-order valence-electron chi connectivity index (χ0n) is 11.2. The van der Waals surface area contributed by atoms with Gasteiger partial charge in [0.2, 0.25) is 0 Å². The summed E-state index contributed by atoms with van der Waals surface area (Å²) in [6.45, 7) is 2.71. The lowest BCUT2D eigenvalue weighted by molar-refractivity contribution is 0.340. The van der Waals surface area contributed by atoms with E-state index in [0.717, 1.165) is 18.6 Å². The maximum absolute atomic E-state index is 5.45. The lowest BCUT2D eigenvalue weighted by Gasteiger charge is -2.14. The molecule has 0 atom stereocenters. The van der Waals surface area contributed by atoms with E-state index >= 15 is 0 Å². The SMILES string of the molecule is CCOc1ccc(NC2Cc3ccccc3C2)cc1. The average molecular weight is 253 g/mol. The second kappa shape index (κ2) is 5.35. The Morgan fingerprint density at radius 3 is 2.21 bits per heavy atom. The number of hydrogen-bond acceptors (Lipinski definition) is 2. The minimum Gasteiger partial charge on any atom is -0.494 e. The molecule has 3 rings (SSSR count). The molecule has 0 aliphatic heterocycles. The van der Waals surface area contributed by atoms with E-state index in [-0.39, 0.29) is 0 Å². The van der Waals surface area contributed by atoms with E-state index in [1.54, 1.807) is 0 Å². The maximum Gasteiger partial charge on any atom is 0.119 e. The first-order chi connectivity index (χ1) is 9.35. The van der Waals surface area contributed by atoms with Crippen LogP contribution < -0.4 is 10.1 Å². The lowest BCUT2D eigenvalue weighted by atomic mass is 10.1. The van der Waals surface area contributed by atoms with Crippen molar-refractivity contribution in [1.29, 1.82) is 0 Å². The molecule has 2 aromatic carbocycles. The normalized spacial score (nSPS) is 14.2. The van der Waals surface area contributed by atoms with Crippen LogP contribution >= 0.6 is 0 Å². The lowest BCUT2D eigenvalue weighted by Crippen LogP contribution is -2.19. The van der Waals surface area contributed by atoms with E-state index in [4.69, 9.17) is 4.74 Å². The van der Waals surface area contributed by atoms with Gasteiger partial charge >= 0.3 is 0 Å². The molecule has 0 bridgehead atoms. The highest BCUT2D eigenvalue weighted by molar-refractivity contribution is 5.49. The van der Waals surface area contributed by atoms with Crippen LogP contribution in [0.15, 0.2) is 48.5 Å². The highest BCUT2D eigenvalue weighted by Crippen LogP contribution is 2.25. The molecule has 2 aromatic rings. The van der Waals surface area contributed by atoms with Gasteiger partial charge in [0, 0.05) is 11.7 Å². The van der Waals surface area contributed by atoms with E-state index in [0.29, 0.717) is 12.6 Å². The Labute approximate surface area is 114 Å². The van der Waals surface area contributed by atoms with Crippen LogP contribution in [-0.2, 0) is 12.8 Å². The third-order valence-corrected chi connectivity index (χ3v) is 3.59. The fourth-order valence-corrected chi connectivity index (χ4v) is 2.71. The average Bonchev–Trinajstić information content (AvgIpc) is 2.83. The number of rotatable bonds is 4. The largest absolute Gasteiger partial charge is 0.494 e. The number of hydrogen-bond donors (Lipinski definition) is 1. The first-order valence-electron chi connectivity index (χ1n) is 6.91. The van der Waals surface area contributed by atoms with Crippen molar-refractivity contribution in [3.63, 3.8) is 0 Å². The number of anilines is 1. The Morgan fingerprint density at radius 1 is 1.00 bits per heavy atom. The summed E-state index contributed by atoms with van der Waals surface area (Å²) in [7, 11) is 0. The van der Waals surface area contributed by atoms with Gasteiger partial charge in [-0.05, 0) is 55.2 Å². The van der Waals surface area contributed by atoms with Crippen molar-refractivity contribution >= 4 is 5.69 Å². The maximum atomic E-state index is 5.45. The molecule has 1 N–H and O–H groups in total. The predicted molar refractivity (Wildman–Crippen MR) is 78.9 cm³/mol. The molecule has 98 valence electrons. The monoisotopic (exact) mass is 253 g/mol. The summed E-state index contributed by atoms with van der Waals surface area (Å²) in [4.78, 5) is 0. The van der Waals surface area contributed by atoms with Crippen molar-refractivity contribution in [2.24, 2.45) is 0 Å². The van der Waals surface area contributed by atoms with Crippen molar-refractivity contribution in [1.82, 2.24) is 0 Å². The fourth-order valence-electron chi connectivity index (χ4n) is 2.71. The highest BCUT2D eigenvalue weighted by atomic mass is 16.5. The molecule has 1 aliphatic carbocycles. The summed E-state index contributed by atoms with van der Waals surface area (Å²) in [6.07, 6.45) is 2.23. The minimum absolute atomic E-state index is 0.510. The van der Waals surface area contributed by atoms with Crippen LogP contribution in [0, 0.1) is 0 Å². The van der Waals surface area contributed by atoms with Crippen LogP contribution in [0.2, 0.25) is 0 Å². The Morgan fingerprint density at radius 2 is 1.63 bits per heavy atom. The molecule has 2 nitrogen and oxygen atoms in total. The number of ether oxygens (including phenoxy) is 1. The van der Waals surface area contributed by atoms with Crippen LogP contribution in [0.1, 0.15) is 18.1 Å². The molecule has 0 unspecified atom stereocenters. The molecule has 0 heterocycles. The van der Waals surface area contributed by atoms with E-state index in [2.05, 4.69) is 41.7 Å². The summed E-state index contributed by atoms with van der Waals surface area (Å²) < 4.78 is 5.45. The third-order valence-electron chi connectivity index (χ3n) is 3.59. The molecule has 0 spiro atoms.